The largest absolute Gasteiger partial charge is 0.409 e. The molecule has 18 heavy (non-hydrogen) atoms. The van der Waals surface area contributed by atoms with Crippen LogP contribution >= 0.6 is 0 Å². The van der Waals surface area contributed by atoms with E-state index in [0.29, 0.717) is 12.6 Å². The number of morpholine rings is 1. The Morgan fingerprint density at radius 3 is 2.78 bits per heavy atom. The van der Waals surface area contributed by atoms with E-state index in [1.54, 1.807) is 0 Å². The Kier molecular flexibility index (Phi) is 4.45. The van der Waals surface area contributed by atoms with Crippen LogP contribution in [0.25, 0.3) is 0 Å². The molecule has 1 aliphatic heterocycles. The standard InChI is InChI=1S/C13H25N3O2/c1-9-3-4-11(7-10(9)2)16-5-6-18-12(8-16)13(14)15-17/h9-12,17H,3-8H2,1-2H3,(H2,14,15). The summed E-state index contributed by atoms with van der Waals surface area (Å²) in [6.45, 7) is 7.07. The molecule has 0 aromatic rings. The van der Waals surface area contributed by atoms with Crippen molar-refractivity contribution in [3.8, 4) is 0 Å². The molecule has 5 heteroatoms. The molecule has 1 saturated carbocycles. The number of hydrogen-bond donors (Lipinski definition) is 2. The lowest BCUT2D eigenvalue weighted by Crippen LogP contribution is -2.53. The van der Waals surface area contributed by atoms with E-state index >= 15 is 0 Å². The smallest absolute Gasteiger partial charge is 0.169 e. The SMILES string of the molecule is CC1CCC(N2CCOC(C(N)=NO)C2)CC1C. The van der Waals surface area contributed by atoms with Crippen molar-refractivity contribution in [2.24, 2.45) is 22.7 Å². The van der Waals surface area contributed by atoms with E-state index in [2.05, 4.69) is 23.9 Å². The van der Waals surface area contributed by atoms with Crippen LogP contribution in [0.3, 0.4) is 0 Å². The minimum absolute atomic E-state index is 0.192. The molecule has 1 saturated heterocycles. The molecule has 2 rings (SSSR count). The minimum atomic E-state index is -0.251. The van der Waals surface area contributed by atoms with Gasteiger partial charge in [0.2, 0.25) is 0 Å². The highest BCUT2D eigenvalue weighted by molar-refractivity contribution is 5.84. The second-order valence-corrected chi connectivity index (χ2v) is 5.80. The molecule has 1 heterocycles. The topological polar surface area (TPSA) is 71.1 Å². The van der Waals surface area contributed by atoms with Gasteiger partial charge in [-0.05, 0) is 31.1 Å². The summed E-state index contributed by atoms with van der Waals surface area (Å²) in [5.41, 5.74) is 5.64. The molecule has 0 spiro atoms. The van der Waals surface area contributed by atoms with E-state index in [-0.39, 0.29) is 11.9 Å². The quantitative estimate of drug-likeness (QED) is 0.337. The van der Waals surface area contributed by atoms with Crippen LogP contribution in [0.1, 0.15) is 33.1 Å². The molecular formula is C13H25N3O2. The average Bonchev–Trinajstić information content (AvgIpc) is 2.41. The molecule has 4 atom stereocenters. The Labute approximate surface area is 109 Å². The molecule has 0 amide bonds. The summed E-state index contributed by atoms with van der Waals surface area (Å²) in [6, 6.07) is 0.633. The summed E-state index contributed by atoms with van der Waals surface area (Å²) in [4.78, 5) is 2.45. The van der Waals surface area contributed by atoms with Crippen LogP contribution in [-0.2, 0) is 4.74 Å². The summed E-state index contributed by atoms with van der Waals surface area (Å²) in [5.74, 6) is 1.81. The number of nitrogens with two attached hydrogens (primary N) is 1. The highest BCUT2D eigenvalue weighted by Crippen LogP contribution is 2.32. The first-order chi connectivity index (χ1) is 8.61. The number of hydrogen-bond acceptors (Lipinski definition) is 4. The molecule has 5 nitrogen and oxygen atoms in total. The van der Waals surface area contributed by atoms with Gasteiger partial charge in [0.1, 0.15) is 6.10 Å². The zero-order valence-electron chi connectivity index (χ0n) is 11.4. The Morgan fingerprint density at radius 1 is 1.33 bits per heavy atom. The fourth-order valence-electron chi connectivity index (χ4n) is 3.09. The van der Waals surface area contributed by atoms with Gasteiger partial charge in [-0.3, -0.25) is 4.90 Å². The molecule has 3 N–H and O–H groups in total. The normalized spacial score (nSPS) is 39.8. The lowest BCUT2D eigenvalue weighted by atomic mass is 9.78. The molecule has 1 aliphatic carbocycles. The molecule has 104 valence electrons. The number of nitrogens with zero attached hydrogens (tertiary/aromatic N) is 2. The lowest BCUT2D eigenvalue weighted by molar-refractivity contribution is -0.0266. The zero-order chi connectivity index (χ0) is 13.1. The average molecular weight is 255 g/mol. The van der Waals surface area contributed by atoms with Crippen molar-refractivity contribution in [3.63, 3.8) is 0 Å². The first-order valence-electron chi connectivity index (χ1n) is 6.95. The maximum atomic E-state index is 8.72. The van der Waals surface area contributed by atoms with Gasteiger partial charge in [-0.15, -0.1) is 0 Å². The monoisotopic (exact) mass is 255 g/mol. The van der Waals surface area contributed by atoms with Gasteiger partial charge < -0.3 is 15.7 Å². The van der Waals surface area contributed by atoms with Crippen molar-refractivity contribution in [1.29, 1.82) is 0 Å². The van der Waals surface area contributed by atoms with Gasteiger partial charge in [-0.25, -0.2) is 0 Å². The molecule has 0 aromatic heterocycles. The van der Waals surface area contributed by atoms with Crippen LogP contribution in [0.4, 0.5) is 0 Å². The van der Waals surface area contributed by atoms with Gasteiger partial charge in [0.25, 0.3) is 0 Å². The third-order valence-electron chi connectivity index (χ3n) is 4.63. The van der Waals surface area contributed by atoms with Gasteiger partial charge in [-0.2, -0.15) is 0 Å². The number of amidine groups is 1. The predicted octanol–water partition coefficient (Wildman–Crippen LogP) is 1.26. The fourth-order valence-corrected chi connectivity index (χ4v) is 3.09. The third-order valence-corrected chi connectivity index (χ3v) is 4.63. The van der Waals surface area contributed by atoms with Crippen LogP contribution in [-0.4, -0.2) is 47.8 Å². The van der Waals surface area contributed by atoms with Gasteiger partial charge in [-0.1, -0.05) is 19.0 Å². The van der Waals surface area contributed by atoms with E-state index in [1.807, 2.05) is 0 Å². The maximum Gasteiger partial charge on any atom is 0.169 e. The number of oxime groups is 1. The van der Waals surface area contributed by atoms with Crippen LogP contribution in [0.5, 0.6) is 0 Å². The second kappa shape index (κ2) is 5.89. The highest BCUT2D eigenvalue weighted by atomic mass is 16.5. The molecule has 2 fully saturated rings. The third kappa shape index (κ3) is 2.95. The molecule has 0 radical (unpaired) electrons. The van der Waals surface area contributed by atoms with E-state index in [1.165, 1.54) is 19.3 Å². The van der Waals surface area contributed by atoms with Crippen molar-refractivity contribution in [3.05, 3.63) is 0 Å². The Bertz CT molecular complexity index is 309. The Balaban J connectivity index is 1.93. The van der Waals surface area contributed by atoms with E-state index in [0.717, 1.165) is 24.9 Å². The molecule has 0 bridgehead atoms. The zero-order valence-corrected chi connectivity index (χ0v) is 11.4. The highest BCUT2D eigenvalue weighted by Gasteiger charge is 2.32. The summed E-state index contributed by atoms with van der Waals surface area (Å²) >= 11 is 0. The first-order valence-corrected chi connectivity index (χ1v) is 6.95. The number of rotatable bonds is 2. The van der Waals surface area contributed by atoms with Crippen molar-refractivity contribution in [2.75, 3.05) is 19.7 Å². The summed E-state index contributed by atoms with van der Waals surface area (Å²) in [6.07, 6.45) is 3.56. The summed E-state index contributed by atoms with van der Waals surface area (Å²) in [5, 5.41) is 11.8. The minimum Gasteiger partial charge on any atom is -0.409 e. The Hall–Kier alpha value is -0.810. The van der Waals surface area contributed by atoms with Crippen LogP contribution in [0, 0.1) is 11.8 Å². The van der Waals surface area contributed by atoms with Crippen LogP contribution in [0.15, 0.2) is 5.16 Å². The van der Waals surface area contributed by atoms with Crippen molar-refractivity contribution < 1.29 is 9.94 Å². The second-order valence-electron chi connectivity index (χ2n) is 5.80. The van der Waals surface area contributed by atoms with Gasteiger partial charge in [0, 0.05) is 19.1 Å². The Morgan fingerprint density at radius 2 is 2.11 bits per heavy atom. The summed E-state index contributed by atoms with van der Waals surface area (Å²) < 4.78 is 5.54. The van der Waals surface area contributed by atoms with Gasteiger partial charge in [0.15, 0.2) is 5.84 Å². The maximum absolute atomic E-state index is 8.72. The van der Waals surface area contributed by atoms with Crippen molar-refractivity contribution in [2.45, 2.75) is 45.3 Å². The van der Waals surface area contributed by atoms with E-state index in [4.69, 9.17) is 15.7 Å². The lowest BCUT2D eigenvalue weighted by Gasteiger charge is -2.42. The molecule has 0 aromatic carbocycles. The van der Waals surface area contributed by atoms with Gasteiger partial charge >= 0.3 is 0 Å². The number of ether oxygens (including phenoxy) is 1. The van der Waals surface area contributed by atoms with Crippen LogP contribution < -0.4 is 5.73 Å². The van der Waals surface area contributed by atoms with E-state index < -0.39 is 0 Å². The predicted molar refractivity (Wildman–Crippen MR) is 70.7 cm³/mol. The van der Waals surface area contributed by atoms with Crippen molar-refractivity contribution >= 4 is 5.84 Å². The fraction of sp³-hybridized carbons (Fsp3) is 0.923. The van der Waals surface area contributed by atoms with E-state index in [9.17, 15) is 0 Å². The molecule has 4 unspecified atom stereocenters. The molecular weight excluding hydrogens is 230 g/mol. The van der Waals surface area contributed by atoms with Gasteiger partial charge in [0.05, 0.1) is 6.61 Å². The molecule has 2 aliphatic rings. The van der Waals surface area contributed by atoms with Crippen molar-refractivity contribution in [1.82, 2.24) is 4.90 Å². The summed E-state index contributed by atoms with van der Waals surface area (Å²) in [7, 11) is 0. The van der Waals surface area contributed by atoms with Crippen LogP contribution in [0.2, 0.25) is 0 Å². The first kappa shape index (κ1) is 13.6.